The van der Waals surface area contributed by atoms with E-state index in [4.69, 9.17) is 22.1 Å². The van der Waals surface area contributed by atoms with Crippen LogP contribution in [0.25, 0.3) is 0 Å². The Labute approximate surface area is 122 Å². The molecule has 2 rings (SSSR count). The van der Waals surface area contributed by atoms with E-state index in [2.05, 4.69) is 6.92 Å². The van der Waals surface area contributed by atoms with Gasteiger partial charge in [-0.25, -0.2) is 0 Å². The number of nitrogen functional groups attached to an aromatic ring is 1. The first-order valence-electron chi connectivity index (χ1n) is 5.91. The molecule has 0 bridgehead atoms. The molecule has 0 aromatic heterocycles. The van der Waals surface area contributed by atoms with Crippen LogP contribution in [-0.4, -0.2) is 7.11 Å². The van der Waals surface area contributed by atoms with Crippen molar-refractivity contribution in [3.05, 3.63) is 52.5 Å². The van der Waals surface area contributed by atoms with Crippen molar-refractivity contribution >= 4 is 29.1 Å². The van der Waals surface area contributed by atoms with Crippen LogP contribution in [0.5, 0.6) is 5.75 Å². The number of benzene rings is 2. The first-order valence-corrected chi connectivity index (χ1v) is 7.28. The third-order valence-corrected chi connectivity index (χ3v) is 4.28. The third-order valence-electron chi connectivity index (χ3n) is 2.84. The van der Waals surface area contributed by atoms with E-state index in [9.17, 15) is 0 Å². The maximum absolute atomic E-state index is 6.03. The van der Waals surface area contributed by atoms with Crippen molar-refractivity contribution in [1.29, 1.82) is 0 Å². The minimum atomic E-state index is 0.723. The highest BCUT2D eigenvalue weighted by Gasteiger charge is 2.06. The Kier molecular flexibility index (Phi) is 4.61. The molecule has 2 nitrogen and oxygen atoms in total. The smallest absolute Gasteiger partial charge is 0.123 e. The highest BCUT2D eigenvalue weighted by molar-refractivity contribution is 7.98. The van der Waals surface area contributed by atoms with Gasteiger partial charge in [0.05, 0.1) is 7.11 Å². The Balaban J connectivity index is 2.18. The summed E-state index contributed by atoms with van der Waals surface area (Å²) in [5.41, 5.74) is 8.91. The molecule has 0 aliphatic heterocycles. The van der Waals surface area contributed by atoms with Crippen molar-refractivity contribution in [3.8, 4) is 5.75 Å². The van der Waals surface area contributed by atoms with E-state index in [1.165, 1.54) is 10.5 Å². The molecule has 0 radical (unpaired) electrons. The second-order valence-electron chi connectivity index (χ2n) is 4.27. The highest BCUT2D eigenvalue weighted by atomic mass is 35.5. The summed E-state index contributed by atoms with van der Waals surface area (Å²) in [6.45, 7) is 2.08. The molecule has 2 aromatic carbocycles. The molecule has 0 heterocycles. The number of halogens is 1. The maximum Gasteiger partial charge on any atom is 0.123 e. The summed E-state index contributed by atoms with van der Waals surface area (Å²) in [6, 6.07) is 11.6. The van der Waals surface area contributed by atoms with Crippen LogP contribution in [0.4, 0.5) is 5.69 Å². The summed E-state index contributed by atoms with van der Waals surface area (Å²) in [6.07, 6.45) is 0. The van der Waals surface area contributed by atoms with Gasteiger partial charge in [-0.2, -0.15) is 0 Å². The van der Waals surface area contributed by atoms with E-state index in [1.54, 1.807) is 18.9 Å². The molecule has 0 amide bonds. The average molecular weight is 294 g/mol. The number of hydrogen-bond acceptors (Lipinski definition) is 3. The van der Waals surface area contributed by atoms with Crippen molar-refractivity contribution in [1.82, 2.24) is 0 Å². The minimum absolute atomic E-state index is 0.723. The van der Waals surface area contributed by atoms with Gasteiger partial charge in [0, 0.05) is 26.9 Å². The number of nitrogens with two attached hydrogens (primary N) is 1. The molecule has 4 heteroatoms. The van der Waals surface area contributed by atoms with Crippen LogP contribution in [0.2, 0.25) is 5.02 Å². The van der Waals surface area contributed by atoms with Gasteiger partial charge < -0.3 is 10.5 Å². The van der Waals surface area contributed by atoms with Crippen LogP contribution in [-0.2, 0) is 5.75 Å². The minimum Gasteiger partial charge on any atom is -0.496 e. The zero-order chi connectivity index (χ0) is 13.8. The van der Waals surface area contributed by atoms with Gasteiger partial charge in [-0.15, -0.1) is 11.8 Å². The predicted octanol–water partition coefficient (Wildman–Crippen LogP) is 4.53. The maximum atomic E-state index is 6.03. The lowest BCUT2D eigenvalue weighted by atomic mass is 10.2. The van der Waals surface area contributed by atoms with Crippen LogP contribution in [0.1, 0.15) is 11.1 Å². The van der Waals surface area contributed by atoms with Gasteiger partial charge in [0.2, 0.25) is 0 Å². The third kappa shape index (κ3) is 3.58. The number of anilines is 1. The van der Waals surface area contributed by atoms with Crippen molar-refractivity contribution in [2.45, 2.75) is 17.6 Å². The normalized spacial score (nSPS) is 10.5. The molecule has 19 heavy (non-hydrogen) atoms. The number of rotatable bonds is 4. The van der Waals surface area contributed by atoms with Crippen LogP contribution >= 0.6 is 23.4 Å². The summed E-state index contributed by atoms with van der Waals surface area (Å²) >= 11 is 7.76. The monoisotopic (exact) mass is 293 g/mol. The van der Waals surface area contributed by atoms with Crippen LogP contribution in [0, 0.1) is 6.92 Å². The Morgan fingerprint density at radius 3 is 2.74 bits per heavy atom. The summed E-state index contributed by atoms with van der Waals surface area (Å²) < 4.78 is 5.35. The molecule has 0 aliphatic carbocycles. The van der Waals surface area contributed by atoms with Crippen molar-refractivity contribution in [2.75, 3.05) is 12.8 Å². The Morgan fingerprint density at radius 1 is 1.21 bits per heavy atom. The second kappa shape index (κ2) is 6.22. The summed E-state index contributed by atoms with van der Waals surface area (Å²) in [5.74, 6) is 1.66. The van der Waals surface area contributed by atoms with E-state index in [1.807, 2.05) is 36.4 Å². The highest BCUT2D eigenvalue weighted by Crippen LogP contribution is 2.32. The molecule has 0 unspecified atom stereocenters. The topological polar surface area (TPSA) is 35.2 Å². The molecule has 0 saturated carbocycles. The SMILES string of the molecule is COc1ccc(Cl)cc1CSc1cc(N)ccc1C. The zero-order valence-electron chi connectivity index (χ0n) is 10.9. The van der Waals surface area contributed by atoms with Crippen LogP contribution in [0.3, 0.4) is 0 Å². The number of aryl methyl sites for hydroxylation is 1. The van der Waals surface area contributed by atoms with Crippen molar-refractivity contribution < 1.29 is 4.74 Å². The van der Waals surface area contributed by atoms with Gasteiger partial charge in [-0.1, -0.05) is 17.7 Å². The molecule has 2 aromatic rings. The molecule has 0 atom stereocenters. The fourth-order valence-corrected chi connectivity index (χ4v) is 3.03. The van der Waals surface area contributed by atoms with Crippen molar-refractivity contribution in [2.24, 2.45) is 0 Å². The average Bonchev–Trinajstić information content (AvgIpc) is 2.40. The Bertz CT molecular complexity index is 586. The largest absolute Gasteiger partial charge is 0.496 e. The predicted molar refractivity (Wildman–Crippen MR) is 83.2 cm³/mol. The lowest BCUT2D eigenvalue weighted by Gasteiger charge is -2.10. The van der Waals surface area contributed by atoms with Crippen LogP contribution < -0.4 is 10.5 Å². The van der Waals surface area contributed by atoms with Gasteiger partial charge in [-0.05, 0) is 42.8 Å². The van der Waals surface area contributed by atoms with E-state index in [-0.39, 0.29) is 0 Å². The lowest BCUT2D eigenvalue weighted by molar-refractivity contribution is 0.411. The number of thioether (sulfide) groups is 1. The summed E-state index contributed by atoms with van der Waals surface area (Å²) in [4.78, 5) is 1.18. The van der Waals surface area contributed by atoms with Crippen molar-refractivity contribution in [3.63, 3.8) is 0 Å². The second-order valence-corrected chi connectivity index (χ2v) is 5.72. The summed E-state index contributed by atoms with van der Waals surface area (Å²) in [5, 5.41) is 0.723. The lowest BCUT2D eigenvalue weighted by Crippen LogP contribution is -1.91. The Hall–Kier alpha value is -1.32. The number of hydrogen-bond donors (Lipinski definition) is 1. The molecule has 0 fully saturated rings. The van der Waals surface area contributed by atoms with Gasteiger partial charge in [-0.3, -0.25) is 0 Å². The molecular weight excluding hydrogens is 278 g/mol. The molecular formula is C15H16ClNOS. The van der Waals surface area contributed by atoms with Crippen LogP contribution in [0.15, 0.2) is 41.3 Å². The number of ether oxygens (including phenoxy) is 1. The first-order chi connectivity index (χ1) is 9.10. The van der Waals surface area contributed by atoms with Gasteiger partial charge in [0.15, 0.2) is 0 Å². The Morgan fingerprint density at radius 2 is 2.00 bits per heavy atom. The van der Waals surface area contributed by atoms with Gasteiger partial charge in [0.25, 0.3) is 0 Å². The zero-order valence-corrected chi connectivity index (χ0v) is 12.5. The molecule has 0 spiro atoms. The number of methoxy groups -OCH3 is 1. The standard InChI is InChI=1S/C15H16ClNOS/c1-10-3-5-13(17)8-15(10)19-9-11-7-12(16)4-6-14(11)18-2/h3-8H,9,17H2,1-2H3. The summed E-state index contributed by atoms with van der Waals surface area (Å²) in [7, 11) is 1.67. The fraction of sp³-hybridized carbons (Fsp3) is 0.200. The quantitative estimate of drug-likeness (QED) is 0.664. The van der Waals surface area contributed by atoms with E-state index in [0.29, 0.717) is 0 Å². The molecule has 0 saturated heterocycles. The molecule has 100 valence electrons. The van der Waals surface area contributed by atoms with E-state index >= 15 is 0 Å². The van der Waals surface area contributed by atoms with E-state index in [0.717, 1.165) is 27.8 Å². The van der Waals surface area contributed by atoms with Gasteiger partial charge >= 0.3 is 0 Å². The van der Waals surface area contributed by atoms with E-state index < -0.39 is 0 Å². The molecule has 0 aliphatic rings. The fourth-order valence-electron chi connectivity index (χ4n) is 1.79. The van der Waals surface area contributed by atoms with Gasteiger partial charge in [0.1, 0.15) is 5.75 Å². The first kappa shape index (κ1) is 14.1. The molecule has 2 N–H and O–H groups in total.